The zero-order valence-electron chi connectivity index (χ0n) is 14.0. The molecule has 3 rings (SSSR count). The number of carbonyl (C=O) groups is 1. The van der Waals surface area contributed by atoms with Crippen LogP contribution in [0.1, 0.15) is 48.2 Å². The van der Waals surface area contributed by atoms with E-state index < -0.39 is 0 Å². The van der Waals surface area contributed by atoms with Crippen LogP contribution in [-0.4, -0.2) is 22.1 Å². The van der Waals surface area contributed by atoms with Crippen LogP contribution in [0.2, 0.25) is 10.2 Å². The Kier molecular flexibility index (Phi) is 6.08. The third-order valence-corrected chi connectivity index (χ3v) is 5.06. The van der Waals surface area contributed by atoms with E-state index in [1.165, 1.54) is 0 Å². The molecule has 0 saturated heterocycles. The first kappa shape index (κ1) is 18.6. The Morgan fingerprint density at radius 2 is 1.92 bits per heavy atom. The van der Waals surface area contributed by atoms with Gasteiger partial charge in [0.05, 0.1) is 16.7 Å². The summed E-state index contributed by atoms with van der Waals surface area (Å²) in [5, 5.41) is 17.1. The summed E-state index contributed by atoms with van der Waals surface area (Å²) in [4.78, 5) is 12.3. The second-order valence-electron chi connectivity index (χ2n) is 6.38. The Morgan fingerprint density at radius 3 is 2.54 bits per heavy atom. The lowest BCUT2D eigenvalue weighted by Crippen LogP contribution is -2.25. The van der Waals surface area contributed by atoms with Crippen molar-refractivity contribution in [3.63, 3.8) is 0 Å². The number of carbonyl (C=O) groups excluding carboxylic acids is 1. The van der Waals surface area contributed by atoms with Gasteiger partial charge in [0.1, 0.15) is 17.5 Å². The van der Waals surface area contributed by atoms with E-state index in [0.29, 0.717) is 34.4 Å². The van der Waals surface area contributed by atoms with E-state index in [1.807, 2.05) is 6.07 Å². The predicted octanol–water partition coefficient (Wildman–Crippen LogP) is 4.87. The maximum Gasteiger partial charge on any atom is 0.183 e. The maximum absolute atomic E-state index is 12.3. The summed E-state index contributed by atoms with van der Waals surface area (Å²) in [6.07, 6.45) is 4.15. The summed E-state index contributed by atoms with van der Waals surface area (Å²) in [5.41, 5.74) is 0.798. The highest BCUT2D eigenvalue weighted by Crippen LogP contribution is 2.31. The zero-order valence-corrected chi connectivity index (χ0v) is 15.5. The number of halogens is 2. The van der Waals surface area contributed by atoms with Crippen molar-refractivity contribution in [3.05, 3.63) is 51.8 Å². The lowest BCUT2D eigenvalue weighted by Gasteiger charge is -2.28. The van der Waals surface area contributed by atoms with Gasteiger partial charge < -0.3 is 4.74 Å². The molecule has 134 valence electrons. The third kappa shape index (κ3) is 4.72. The van der Waals surface area contributed by atoms with Crippen molar-refractivity contribution in [3.8, 4) is 11.8 Å². The van der Waals surface area contributed by atoms with Gasteiger partial charge in [-0.1, -0.05) is 23.2 Å². The number of benzene rings is 1. The summed E-state index contributed by atoms with van der Waals surface area (Å²) in [6.45, 7) is 0. The van der Waals surface area contributed by atoms with Crippen LogP contribution in [0.5, 0.6) is 5.75 Å². The number of nitriles is 1. The molecule has 1 fully saturated rings. The summed E-state index contributed by atoms with van der Waals surface area (Å²) in [7, 11) is 0. The molecule has 0 bridgehead atoms. The summed E-state index contributed by atoms with van der Waals surface area (Å²) >= 11 is 11.7. The monoisotopic (exact) mass is 389 g/mol. The Hall–Kier alpha value is -2.16. The third-order valence-electron chi connectivity index (χ3n) is 4.55. The van der Waals surface area contributed by atoms with E-state index in [1.54, 1.807) is 30.3 Å². The van der Waals surface area contributed by atoms with E-state index in [2.05, 4.69) is 10.2 Å². The van der Waals surface area contributed by atoms with Crippen LogP contribution in [0, 0.1) is 17.2 Å². The molecular weight excluding hydrogens is 373 g/mol. The number of rotatable bonds is 5. The number of ketones is 1. The molecule has 0 spiro atoms. The summed E-state index contributed by atoms with van der Waals surface area (Å²) < 4.78 is 5.97. The van der Waals surface area contributed by atoms with Crippen molar-refractivity contribution < 1.29 is 9.53 Å². The van der Waals surface area contributed by atoms with Crippen molar-refractivity contribution >= 4 is 29.0 Å². The molecule has 5 nitrogen and oxygen atoms in total. The number of nitrogens with zero attached hydrogens (tertiary/aromatic N) is 3. The minimum absolute atomic E-state index is 0.00240. The molecule has 0 N–H and O–H groups in total. The highest BCUT2D eigenvalue weighted by molar-refractivity contribution is 6.31. The molecule has 2 aromatic rings. The fraction of sp³-hybridized carbons (Fsp3) is 0.368. The van der Waals surface area contributed by atoms with E-state index in [9.17, 15) is 4.79 Å². The Morgan fingerprint density at radius 1 is 1.15 bits per heavy atom. The topological polar surface area (TPSA) is 75.9 Å². The SMILES string of the molecule is N#Cc1ccc(OC2CCC(CC(=O)c3ccc(Cl)nn3)CC2)cc1Cl. The Balaban J connectivity index is 1.49. The molecule has 1 aliphatic carbocycles. The fourth-order valence-electron chi connectivity index (χ4n) is 3.14. The van der Waals surface area contributed by atoms with Crippen molar-refractivity contribution in [2.75, 3.05) is 0 Å². The molecule has 0 aliphatic heterocycles. The normalized spacial score (nSPS) is 19.6. The van der Waals surface area contributed by atoms with Gasteiger partial charge in [-0.15, -0.1) is 10.2 Å². The first-order chi connectivity index (χ1) is 12.5. The average molecular weight is 390 g/mol. The quantitative estimate of drug-likeness (QED) is 0.681. The second kappa shape index (κ2) is 8.48. The van der Waals surface area contributed by atoms with E-state index >= 15 is 0 Å². The lowest BCUT2D eigenvalue weighted by atomic mass is 9.84. The van der Waals surface area contributed by atoms with Crippen LogP contribution in [0.4, 0.5) is 0 Å². The van der Waals surface area contributed by atoms with E-state index in [-0.39, 0.29) is 17.0 Å². The standard InChI is InChI=1S/C19H17Cl2N3O2/c20-16-10-15(6-3-13(16)11-22)26-14-4-1-12(2-5-14)9-18(25)17-7-8-19(21)24-23-17/h3,6-8,10,12,14H,1-2,4-5,9H2. The Labute approximate surface area is 161 Å². The van der Waals surface area contributed by atoms with E-state index in [4.69, 9.17) is 33.2 Å². The van der Waals surface area contributed by atoms with Gasteiger partial charge in [-0.2, -0.15) is 5.26 Å². The van der Waals surface area contributed by atoms with Crippen LogP contribution in [0.3, 0.4) is 0 Å². The summed E-state index contributed by atoms with van der Waals surface area (Å²) in [6, 6.07) is 10.3. The molecule has 0 radical (unpaired) electrons. The molecule has 1 heterocycles. The molecule has 1 saturated carbocycles. The highest BCUT2D eigenvalue weighted by Gasteiger charge is 2.25. The molecule has 1 aromatic heterocycles. The van der Waals surface area contributed by atoms with Gasteiger partial charge in [0, 0.05) is 12.5 Å². The second-order valence-corrected chi connectivity index (χ2v) is 7.18. The van der Waals surface area contributed by atoms with Crippen LogP contribution < -0.4 is 4.74 Å². The number of Topliss-reactive ketones (excluding diaryl/α,β-unsaturated/α-hetero) is 1. The number of ether oxygens (including phenoxy) is 1. The van der Waals surface area contributed by atoms with Crippen LogP contribution in [0.25, 0.3) is 0 Å². The molecule has 1 aromatic carbocycles. The number of hydrogen-bond donors (Lipinski definition) is 0. The molecule has 0 atom stereocenters. The van der Waals surface area contributed by atoms with Gasteiger partial charge in [0.15, 0.2) is 10.9 Å². The van der Waals surface area contributed by atoms with Gasteiger partial charge in [-0.05, 0) is 55.9 Å². The minimum atomic E-state index is -0.00240. The van der Waals surface area contributed by atoms with Crippen LogP contribution >= 0.6 is 23.2 Å². The minimum Gasteiger partial charge on any atom is -0.490 e. The largest absolute Gasteiger partial charge is 0.490 e. The first-order valence-electron chi connectivity index (χ1n) is 8.44. The van der Waals surface area contributed by atoms with Gasteiger partial charge in [0.25, 0.3) is 0 Å². The number of hydrogen-bond acceptors (Lipinski definition) is 5. The molecule has 1 aliphatic rings. The predicted molar refractivity (Wildman–Crippen MR) is 98.5 cm³/mol. The number of aromatic nitrogens is 2. The van der Waals surface area contributed by atoms with E-state index in [0.717, 1.165) is 25.7 Å². The van der Waals surface area contributed by atoms with Crippen molar-refractivity contribution in [2.45, 2.75) is 38.2 Å². The van der Waals surface area contributed by atoms with Gasteiger partial charge >= 0.3 is 0 Å². The highest BCUT2D eigenvalue weighted by atomic mass is 35.5. The van der Waals surface area contributed by atoms with Crippen molar-refractivity contribution in [2.24, 2.45) is 5.92 Å². The Bertz CT molecular complexity index is 826. The first-order valence-corrected chi connectivity index (χ1v) is 9.19. The van der Waals surface area contributed by atoms with Crippen LogP contribution in [0.15, 0.2) is 30.3 Å². The zero-order chi connectivity index (χ0) is 18.5. The molecule has 0 amide bonds. The molecular formula is C19H17Cl2N3O2. The average Bonchev–Trinajstić information content (AvgIpc) is 2.64. The van der Waals surface area contributed by atoms with Gasteiger partial charge in [0.2, 0.25) is 0 Å². The molecule has 0 unspecified atom stereocenters. The lowest BCUT2D eigenvalue weighted by molar-refractivity contribution is 0.0897. The maximum atomic E-state index is 12.3. The smallest absolute Gasteiger partial charge is 0.183 e. The van der Waals surface area contributed by atoms with Crippen molar-refractivity contribution in [1.29, 1.82) is 5.26 Å². The van der Waals surface area contributed by atoms with Gasteiger partial charge in [-0.3, -0.25) is 4.79 Å². The fourth-order valence-corrected chi connectivity index (χ4v) is 3.45. The molecule has 26 heavy (non-hydrogen) atoms. The van der Waals surface area contributed by atoms with Gasteiger partial charge in [-0.25, -0.2) is 0 Å². The molecule has 7 heteroatoms. The van der Waals surface area contributed by atoms with Crippen LogP contribution in [-0.2, 0) is 0 Å². The summed E-state index contributed by atoms with van der Waals surface area (Å²) in [5.74, 6) is 0.992. The van der Waals surface area contributed by atoms with Crippen molar-refractivity contribution in [1.82, 2.24) is 10.2 Å².